The molecule has 0 saturated heterocycles. The Hall–Kier alpha value is -3.06. The molecule has 0 bridgehead atoms. The molecule has 0 atom stereocenters. The van der Waals surface area contributed by atoms with Gasteiger partial charge < -0.3 is 20.1 Å². The average molecular weight is 397 g/mol. The smallest absolute Gasteiger partial charge is 0.172 e. The zero-order valence-corrected chi connectivity index (χ0v) is 16.8. The lowest BCUT2D eigenvalue weighted by molar-refractivity contribution is 0.354. The summed E-state index contributed by atoms with van der Waals surface area (Å²) in [5.41, 5.74) is 2.34. The van der Waals surface area contributed by atoms with Crippen LogP contribution in [0.3, 0.4) is 0 Å². The number of nitrogens with zero attached hydrogens (tertiary/aromatic N) is 2. The number of aromatic nitrogens is 2. The lowest BCUT2D eigenvalue weighted by atomic mass is 10.1. The van der Waals surface area contributed by atoms with Gasteiger partial charge in [0.2, 0.25) is 0 Å². The fraction of sp³-hybridized carbons (Fsp3) is 0.238. The Balaban J connectivity index is 1.46. The second-order valence-electron chi connectivity index (χ2n) is 6.20. The minimum absolute atomic E-state index is 0.547. The summed E-state index contributed by atoms with van der Waals surface area (Å²) in [6, 6.07) is 18.0. The van der Waals surface area contributed by atoms with Crippen LogP contribution in [0.1, 0.15) is 11.1 Å². The Bertz CT molecular complexity index is 912. The lowest BCUT2D eigenvalue weighted by Gasteiger charge is -2.11. The molecular formula is C21H24N4O2S. The summed E-state index contributed by atoms with van der Waals surface area (Å²) in [7, 11) is 3.26. The van der Waals surface area contributed by atoms with Crippen molar-refractivity contribution in [3.8, 4) is 11.5 Å². The van der Waals surface area contributed by atoms with Gasteiger partial charge in [0.25, 0.3) is 0 Å². The van der Waals surface area contributed by atoms with E-state index in [0.717, 1.165) is 35.8 Å². The van der Waals surface area contributed by atoms with Crippen molar-refractivity contribution in [2.75, 3.05) is 26.1 Å². The predicted octanol–water partition coefficient (Wildman–Crippen LogP) is 3.48. The fourth-order valence-electron chi connectivity index (χ4n) is 2.80. The van der Waals surface area contributed by atoms with E-state index >= 15 is 0 Å². The molecule has 0 aliphatic heterocycles. The van der Waals surface area contributed by atoms with Gasteiger partial charge in [-0.1, -0.05) is 36.4 Å². The number of nitrogens with one attached hydrogen (secondary N) is 2. The van der Waals surface area contributed by atoms with E-state index in [0.29, 0.717) is 11.7 Å². The predicted molar refractivity (Wildman–Crippen MR) is 115 cm³/mol. The van der Waals surface area contributed by atoms with Gasteiger partial charge in [0.1, 0.15) is 0 Å². The van der Waals surface area contributed by atoms with Gasteiger partial charge in [-0.25, -0.2) is 0 Å². The Morgan fingerprint density at radius 2 is 1.79 bits per heavy atom. The highest BCUT2D eigenvalue weighted by molar-refractivity contribution is 7.80. The first kappa shape index (κ1) is 19.7. The fourth-order valence-corrected chi connectivity index (χ4v) is 3.01. The largest absolute Gasteiger partial charge is 0.493 e. The molecule has 1 aromatic heterocycles. The Kier molecular flexibility index (Phi) is 6.86. The van der Waals surface area contributed by atoms with Crippen molar-refractivity contribution < 1.29 is 9.47 Å². The van der Waals surface area contributed by atoms with E-state index < -0.39 is 0 Å². The third-order valence-electron chi connectivity index (χ3n) is 4.22. The molecule has 0 amide bonds. The van der Waals surface area contributed by atoms with Gasteiger partial charge in [-0.2, -0.15) is 5.10 Å². The molecule has 0 spiro atoms. The van der Waals surface area contributed by atoms with Crippen LogP contribution in [-0.4, -0.2) is 35.7 Å². The average Bonchev–Trinajstić information content (AvgIpc) is 3.15. The van der Waals surface area contributed by atoms with Gasteiger partial charge in [-0.3, -0.25) is 4.68 Å². The molecule has 28 heavy (non-hydrogen) atoms. The molecule has 0 unspecified atom stereocenters. The summed E-state index contributed by atoms with van der Waals surface area (Å²) in [6.45, 7) is 1.42. The minimum Gasteiger partial charge on any atom is -0.493 e. The normalized spacial score (nSPS) is 10.4. The third kappa shape index (κ3) is 5.47. The van der Waals surface area contributed by atoms with Crippen LogP contribution in [0.4, 0.5) is 5.82 Å². The molecule has 3 aromatic rings. The highest BCUT2D eigenvalue weighted by Crippen LogP contribution is 2.27. The molecule has 0 saturated carbocycles. The van der Waals surface area contributed by atoms with Crippen LogP contribution < -0.4 is 20.1 Å². The molecule has 3 rings (SSSR count). The van der Waals surface area contributed by atoms with E-state index in [1.807, 2.05) is 53.3 Å². The maximum Gasteiger partial charge on any atom is 0.172 e. The Labute approximate surface area is 170 Å². The van der Waals surface area contributed by atoms with E-state index in [-0.39, 0.29) is 0 Å². The molecule has 0 aliphatic carbocycles. The van der Waals surface area contributed by atoms with Gasteiger partial charge in [0.05, 0.1) is 20.8 Å². The molecule has 2 aromatic carbocycles. The summed E-state index contributed by atoms with van der Waals surface area (Å²) in [5.74, 6) is 2.17. The van der Waals surface area contributed by atoms with Gasteiger partial charge in [-0.05, 0) is 41.9 Å². The van der Waals surface area contributed by atoms with E-state index in [1.165, 1.54) is 5.56 Å². The van der Waals surface area contributed by atoms with Gasteiger partial charge >= 0.3 is 0 Å². The van der Waals surface area contributed by atoms with Crippen molar-refractivity contribution >= 4 is 23.1 Å². The van der Waals surface area contributed by atoms with Crippen molar-refractivity contribution in [3.63, 3.8) is 0 Å². The van der Waals surface area contributed by atoms with Crippen molar-refractivity contribution in [2.24, 2.45) is 0 Å². The van der Waals surface area contributed by atoms with Crippen LogP contribution in [0.2, 0.25) is 0 Å². The number of anilines is 1. The number of rotatable bonds is 8. The SMILES string of the molecule is COc1ccc(CCNC(=S)Nc2ccn(Cc3ccccc3)n2)cc1OC. The Morgan fingerprint density at radius 1 is 1.00 bits per heavy atom. The molecule has 6 nitrogen and oxygen atoms in total. The topological polar surface area (TPSA) is 60.3 Å². The van der Waals surface area contributed by atoms with Crippen molar-refractivity contribution in [1.82, 2.24) is 15.1 Å². The molecule has 2 N–H and O–H groups in total. The molecule has 0 fully saturated rings. The first-order valence-corrected chi connectivity index (χ1v) is 9.42. The Morgan fingerprint density at radius 3 is 2.54 bits per heavy atom. The van der Waals surface area contributed by atoms with Gasteiger partial charge in [-0.15, -0.1) is 0 Å². The molecule has 146 valence electrons. The monoisotopic (exact) mass is 396 g/mol. The van der Waals surface area contributed by atoms with Crippen molar-refractivity contribution in [2.45, 2.75) is 13.0 Å². The number of thiocarbonyl (C=S) groups is 1. The molecule has 7 heteroatoms. The first-order valence-electron chi connectivity index (χ1n) is 9.01. The molecular weight excluding hydrogens is 372 g/mol. The van der Waals surface area contributed by atoms with E-state index in [1.54, 1.807) is 14.2 Å². The molecule has 0 aliphatic rings. The quantitative estimate of drug-likeness (QED) is 0.569. The minimum atomic E-state index is 0.547. The van der Waals surface area contributed by atoms with E-state index in [9.17, 15) is 0 Å². The van der Waals surface area contributed by atoms with Crippen molar-refractivity contribution in [1.29, 1.82) is 0 Å². The summed E-state index contributed by atoms with van der Waals surface area (Å²) < 4.78 is 12.5. The number of benzene rings is 2. The summed E-state index contributed by atoms with van der Waals surface area (Å²) in [5, 5.41) is 11.4. The van der Waals surface area contributed by atoms with Gasteiger partial charge in [0, 0.05) is 18.8 Å². The van der Waals surface area contributed by atoms with Crippen LogP contribution in [0.25, 0.3) is 0 Å². The number of hydrogen-bond donors (Lipinski definition) is 2. The summed E-state index contributed by atoms with van der Waals surface area (Å²) in [6.07, 6.45) is 2.74. The number of hydrogen-bond acceptors (Lipinski definition) is 4. The first-order chi connectivity index (χ1) is 13.7. The van der Waals surface area contributed by atoms with Gasteiger partial charge in [0.15, 0.2) is 22.4 Å². The standard InChI is InChI=1S/C21H24N4O2S/c1-26-18-9-8-16(14-19(18)27-2)10-12-22-21(28)23-20-11-13-25(24-20)15-17-6-4-3-5-7-17/h3-9,11,13-14H,10,12,15H2,1-2H3,(H2,22,23,24,28). The maximum atomic E-state index is 5.36. The lowest BCUT2D eigenvalue weighted by Crippen LogP contribution is -2.30. The second-order valence-corrected chi connectivity index (χ2v) is 6.61. The van der Waals surface area contributed by atoms with Crippen LogP contribution >= 0.6 is 12.2 Å². The van der Waals surface area contributed by atoms with E-state index in [4.69, 9.17) is 21.7 Å². The number of ether oxygens (including phenoxy) is 2. The van der Waals surface area contributed by atoms with Crippen molar-refractivity contribution in [3.05, 3.63) is 71.9 Å². The molecule has 1 heterocycles. The molecule has 0 radical (unpaired) electrons. The highest BCUT2D eigenvalue weighted by Gasteiger charge is 2.06. The summed E-state index contributed by atoms with van der Waals surface area (Å²) >= 11 is 5.36. The highest BCUT2D eigenvalue weighted by atomic mass is 32.1. The summed E-state index contributed by atoms with van der Waals surface area (Å²) in [4.78, 5) is 0. The van der Waals surface area contributed by atoms with Crippen LogP contribution in [-0.2, 0) is 13.0 Å². The zero-order valence-electron chi connectivity index (χ0n) is 16.0. The number of methoxy groups -OCH3 is 2. The van der Waals surface area contributed by atoms with Crippen LogP contribution in [0.5, 0.6) is 11.5 Å². The third-order valence-corrected chi connectivity index (χ3v) is 4.46. The zero-order chi connectivity index (χ0) is 19.8. The van der Waals surface area contributed by atoms with E-state index in [2.05, 4.69) is 27.9 Å². The van der Waals surface area contributed by atoms with Crippen LogP contribution in [0.15, 0.2) is 60.8 Å². The second kappa shape index (κ2) is 9.75. The maximum absolute atomic E-state index is 5.36. The van der Waals surface area contributed by atoms with Crippen LogP contribution in [0, 0.1) is 0 Å².